The van der Waals surface area contributed by atoms with Crippen LogP contribution in [0.1, 0.15) is 5.69 Å². The number of pyridine rings is 1. The van der Waals surface area contributed by atoms with Crippen molar-refractivity contribution in [1.82, 2.24) is 4.98 Å². The van der Waals surface area contributed by atoms with Crippen molar-refractivity contribution < 1.29 is 4.79 Å². The van der Waals surface area contributed by atoms with E-state index in [2.05, 4.69) is 10.3 Å². The van der Waals surface area contributed by atoms with Crippen molar-refractivity contribution in [2.24, 2.45) is 5.73 Å². The van der Waals surface area contributed by atoms with Gasteiger partial charge >= 0.3 is 0 Å². The first kappa shape index (κ1) is 10.4. The molecule has 4 heteroatoms. The SMILES string of the molecule is Cc1cc(NC(=O)/C=C/CN)ccn1. The minimum atomic E-state index is -0.180. The number of carbonyl (C=O) groups is 1. The Morgan fingerprint density at radius 3 is 3.14 bits per heavy atom. The van der Waals surface area contributed by atoms with Crippen LogP contribution >= 0.6 is 0 Å². The maximum Gasteiger partial charge on any atom is 0.248 e. The molecule has 0 aromatic carbocycles. The summed E-state index contributed by atoms with van der Waals surface area (Å²) >= 11 is 0. The highest BCUT2D eigenvalue weighted by atomic mass is 16.1. The van der Waals surface area contributed by atoms with E-state index in [1.165, 1.54) is 6.08 Å². The first-order chi connectivity index (χ1) is 6.72. The smallest absolute Gasteiger partial charge is 0.248 e. The molecule has 0 aliphatic heterocycles. The number of rotatable bonds is 3. The van der Waals surface area contributed by atoms with E-state index in [0.717, 1.165) is 11.4 Å². The zero-order chi connectivity index (χ0) is 10.4. The largest absolute Gasteiger partial charge is 0.327 e. The minimum Gasteiger partial charge on any atom is -0.327 e. The third-order valence-corrected chi connectivity index (χ3v) is 1.57. The Morgan fingerprint density at radius 2 is 2.50 bits per heavy atom. The fourth-order valence-corrected chi connectivity index (χ4v) is 0.982. The first-order valence-electron chi connectivity index (χ1n) is 4.32. The summed E-state index contributed by atoms with van der Waals surface area (Å²) in [6.07, 6.45) is 4.66. The molecule has 74 valence electrons. The van der Waals surface area contributed by atoms with Crippen LogP contribution < -0.4 is 11.1 Å². The predicted molar refractivity (Wildman–Crippen MR) is 55.8 cm³/mol. The van der Waals surface area contributed by atoms with Gasteiger partial charge in [0.2, 0.25) is 5.91 Å². The van der Waals surface area contributed by atoms with Crippen LogP contribution in [0.2, 0.25) is 0 Å². The highest BCUT2D eigenvalue weighted by Gasteiger charge is 1.96. The fraction of sp³-hybridized carbons (Fsp3) is 0.200. The Kier molecular flexibility index (Phi) is 3.82. The van der Waals surface area contributed by atoms with Crippen molar-refractivity contribution in [3.05, 3.63) is 36.2 Å². The summed E-state index contributed by atoms with van der Waals surface area (Å²) in [6, 6.07) is 3.54. The number of nitrogens with two attached hydrogens (primary N) is 1. The summed E-state index contributed by atoms with van der Waals surface area (Å²) in [4.78, 5) is 15.2. The molecule has 0 saturated carbocycles. The Balaban J connectivity index is 2.60. The normalized spacial score (nSPS) is 10.4. The molecular formula is C10H13N3O. The van der Waals surface area contributed by atoms with Gasteiger partial charge in [-0.15, -0.1) is 0 Å². The second-order valence-corrected chi connectivity index (χ2v) is 2.81. The third-order valence-electron chi connectivity index (χ3n) is 1.57. The molecule has 0 atom stereocenters. The molecule has 14 heavy (non-hydrogen) atoms. The zero-order valence-electron chi connectivity index (χ0n) is 8.03. The number of hydrogen-bond acceptors (Lipinski definition) is 3. The van der Waals surface area contributed by atoms with Crippen LogP contribution in [0.4, 0.5) is 5.69 Å². The number of aromatic nitrogens is 1. The molecule has 0 saturated heterocycles. The molecule has 1 heterocycles. The summed E-state index contributed by atoms with van der Waals surface area (Å²) in [6.45, 7) is 2.23. The van der Waals surface area contributed by atoms with E-state index in [1.54, 1.807) is 24.4 Å². The van der Waals surface area contributed by atoms with Gasteiger partial charge in [-0.1, -0.05) is 6.08 Å². The van der Waals surface area contributed by atoms with Crippen LogP contribution in [0.15, 0.2) is 30.5 Å². The molecule has 1 amide bonds. The standard InChI is InChI=1S/C10H13N3O/c1-8-7-9(4-6-12-8)13-10(14)3-2-5-11/h2-4,6-7H,5,11H2,1H3,(H,12,13,14)/b3-2+. The van der Waals surface area contributed by atoms with Crippen LogP contribution in [0.5, 0.6) is 0 Å². The Morgan fingerprint density at radius 1 is 1.71 bits per heavy atom. The van der Waals surface area contributed by atoms with Crippen LogP contribution in [0.25, 0.3) is 0 Å². The molecule has 1 aromatic rings. The third kappa shape index (κ3) is 3.37. The van der Waals surface area contributed by atoms with Gasteiger partial charge in [-0.05, 0) is 19.1 Å². The topological polar surface area (TPSA) is 68.0 Å². The van der Waals surface area contributed by atoms with Crippen LogP contribution in [-0.4, -0.2) is 17.4 Å². The van der Waals surface area contributed by atoms with Gasteiger partial charge in [0.15, 0.2) is 0 Å². The van der Waals surface area contributed by atoms with Gasteiger partial charge in [0.1, 0.15) is 0 Å². The Hall–Kier alpha value is -1.68. The van der Waals surface area contributed by atoms with Crippen molar-refractivity contribution in [2.45, 2.75) is 6.92 Å². The maximum absolute atomic E-state index is 11.2. The summed E-state index contributed by atoms with van der Waals surface area (Å²) in [5, 5.41) is 2.70. The molecule has 0 bridgehead atoms. The average Bonchev–Trinajstić information content (AvgIpc) is 2.15. The van der Waals surface area contributed by atoms with Crippen LogP contribution in [-0.2, 0) is 4.79 Å². The molecule has 3 N–H and O–H groups in total. The summed E-state index contributed by atoms with van der Waals surface area (Å²) in [5.74, 6) is -0.180. The summed E-state index contributed by atoms with van der Waals surface area (Å²) in [5.41, 5.74) is 6.82. The monoisotopic (exact) mass is 191 g/mol. The molecule has 1 rings (SSSR count). The summed E-state index contributed by atoms with van der Waals surface area (Å²) < 4.78 is 0. The van der Waals surface area contributed by atoms with E-state index in [0.29, 0.717) is 6.54 Å². The van der Waals surface area contributed by atoms with Crippen LogP contribution in [0, 0.1) is 6.92 Å². The van der Waals surface area contributed by atoms with Crippen molar-refractivity contribution >= 4 is 11.6 Å². The number of hydrogen-bond donors (Lipinski definition) is 2. The van der Waals surface area contributed by atoms with Gasteiger partial charge in [-0.3, -0.25) is 9.78 Å². The lowest BCUT2D eigenvalue weighted by Crippen LogP contribution is -2.09. The molecule has 0 spiro atoms. The van der Waals surface area contributed by atoms with E-state index in [-0.39, 0.29) is 5.91 Å². The molecule has 0 radical (unpaired) electrons. The van der Waals surface area contributed by atoms with Crippen LogP contribution in [0.3, 0.4) is 0 Å². The molecule has 0 unspecified atom stereocenters. The maximum atomic E-state index is 11.2. The number of carbonyl (C=O) groups excluding carboxylic acids is 1. The number of nitrogens with one attached hydrogen (secondary N) is 1. The van der Waals surface area contributed by atoms with Crippen molar-refractivity contribution in [2.75, 3.05) is 11.9 Å². The number of aryl methyl sites for hydroxylation is 1. The highest BCUT2D eigenvalue weighted by Crippen LogP contribution is 2.06. The lowest BCUT2D eigenvalue weighted by molar-refractivity contribution is -0.111. The molecule has 0 aliphatic carbocycles. The van der Waals surface area contributed by atoms with E-state index in [1.807, 2.05) is 6.92 Å². The van der Waals surface area contributed by atoms with Gasteiger partial charge < -0.3 is 11.1 Å². The number of nitrogens with zero attached hydrogens (tertiary/aromatic N) is 1. The molecule has 4 nitrogen and oxygen atoms in total. The average molecular weight is 191 g/mol. The van der Waals surface area contributed by atoms with Crippen molar-refractivity contribution in [3.8, 4) is 0 Å². The highest BCUT2D eigenvalue weighted by molar-refractivity contribution is 5.99. The van der Waals surface area contributed by atoms with Gasteiger partial charge in [-0.2, -0.15) is 0 Å². The van der Waals surface area contributed by atoms with E-state index in [9.17, 15) is 4.79 Å². The molecular weight excluding hydrogens is 178 g/mol. The lowest BCUT2D eigenvalue weighted by atomic mass is 10.3. The molecule has 1 aromatic heterocycles. The first-order valence-corrected chi connectivity index (χ1v) is 4.32. The number of anilines is 1. The van der Waals surface area contributed by atoms with Gasteiger partial charge in [0, 0.05) is 30.2 Å². The lowest BCUT2D eigenvalue weighted by Gasteiger charge is -2.01. The zero-order valence-corrected chi connectivity index (χ0v) is 8.03. The predicted octanol–water partition coefficient (Wildman–Crippen LogP) is 0.843. The van der Waals surface area contributed by atoms with Gasteiger partial charge in [-0.25, -0.2) is 0 Å². The van der Waals surface area contributed by atoms with Gasteiger partial charge in [0.25, 0.3) is 0 Å². The molecule has 0 aliphatic rings. The second-order valence-electron chi connectivity index (χ2n) is 2.81. The van der Waals surface area contributed by atoms with Gasteiger partial charge in [0.05, 0.1) is 0 Å². The van der Waals surface area contributed by atoms with E-state index < -0.39 is 0 Å². The molecule has 0 fully saturated rings. The Bertz CT molecular complexity index is 347. The van der Waals surface area contributed by atoms with Crippen molar-refractivity contribution in [1.29, 1.82) is 0 Å². The van der Waals surface area contributed by atoms with Crippen molar-refractivity contribution in [3.63, 3.8) is 0 Å². The quantitative estimate of drug-likeness (QED) is 0.696. The van der Waals surface area contributed by atoms with E-state index >= 15 is 0 Å². The second kappa shape index (κ2) is 5.14. The number of amides is 1. The van der Waals surface area contributed by atoms with E-state index in [4.69, 9.17) is 5.73 Å². The minimum absolute atomic E-state index is 0.180. The summed E-state index contributed by atoms with van der Waals surface area (Å²) in [7, 11) is 0. The fourth-order valence-electron chi connectivity index (χ4n) is 0.982. The Labute approximate surface area is 82.8 Å².